The van der Waals surface area contributed by atoms with Crippen molar-refractivity contribution in [1.29, 1.82) is 5.26 Å². The minimum Gasteiger partial charge on any atom is -0.385 e. The molecule has 0 atom stereocenters. The molecule has 2 N–H and O–H groups in total. The van der Waals surface area contributed by atoms with Crippen LogP contribution in [-0.2, 0) is 0 Å². The quantitative estimate of drug-likeness (QED) is 0.289. The molecule has 5 rings (SSSR count). The van der Waals surface area contributed by atoms with Crippen molar-refractivity contribution in [1.82, 2.24) is 19.7 Å². The lowest BCUT2D eigenvalue weighted by atomic mass is 10.1. The first-order chi connectivity index (χ1) is 16.7. The van der Waals surface area contributed by atoms with Crippen LogP contribution in [0.5, 0.6) is 0 Å². The van der Waals surface area contributed by atoms with Crippen LogP contribution in [0.25, 0.3) is 39.6 Å². The number of nitrogens with zero attached hydrogens (tertiary/aromatic N) is 4. The zero-order valence-electron chi connectivity index (χ0n) is 18.9. The van der Waals surface area contributed by atoms with Crippen molar-refractivity contribution in [3.05, 3.63) is 96.4 Å². The van der Waals surface area contributed by atoms with E-state index in [-0.39, 0.29) is 0 Å². The summed E-state index contributed by atoms with van der Waals surface area (Å²) < 4.78 is 1.85. The molecule has 34 heavy (non-hydrogen) atoms. The van der Waals surface area contributed by atoms with Gasteiger partial charge in [-0.2, -0.15) is 10.4 Å². The third-order valence-electron chi connectivity index (χ3n) is 5.57. The predicted octanol–water partition coefficient (Wildman–Crippen LogP) is 6.30. The molecule has 0 bridgehead atoms. The van der Waals surface area contributed by atoms with Gasteiger partial charge >= 0.3 is 0 Å². The van der Waals surface area contributed by atoms with E-state index in [0.717, 1.165) is 52.2 Å². The summed E-state index contributed by atoms with van der Waals surface area (Å²) in [5.41, 5.74) is 6.82. The summed E-state index contributed by atoms with van der Waals surface area (Å²) in [6.07, 6.45) is 4.87. The Balaban J connectivity index is 1.59. The summed E-state index contributed by atoms with van der Waals surface area (Å²) in [5.74, 6) is 0.543. The number of aromatic amines is 1. The Hall–Kier alpha value is -4.63. The van der Waals surface area contributed by atoms with Gasteiger partial charge in [-0.05, 0) is 48.9 Å². The Labute approximate surface area is 198 Å². The summed E-state index contributed by atoms with van der Waals surface area (Å²) in [5, 5.41) is 18.2. The zero-order chi connectivity index (χ0) is 23.3. The fraction of sp³-hybridized carbons (Fsp3) is 0.107. The van der Waals surface area contributed by atoms with Gasteiger partial charge in [0.05, 0.1) is 28.0 Å². The zero-order valence-corrected chi connectivity index (χ0v) is 18.9. The summed E-state index contributed by atoms with van der Waals surface area (Å²) in [7, 11) is 0. The second kappa shape index (κ2) is 9.47. The van der Waals surface area contributed by atoms with Crippen molar-refractivity contribution in [2.45, 2.75) is 13.3 Å². The van der Waals surface area contributed by atoms with Gasteiger partial charge in [-0.15, -0.1) is 0 Å². The second-order valence-corrected chi connectivity index (χ2v) is 7.99. The molecule has 0 spiro atoms. The molecule has 5 aromatic rings. The van der Waals surface area contributed by atoms with Crippen molar-refractivity contribution in [3.63, 3.8) is 0 Å². The number of H-pyrrole nitrogens is 1. The highest BCUT2D eigenvalue weighted by Gasteiger charge is 2.14. The molecule has 6 heteroatoms. The van der Waals surface area contributed by atoms with Crippen LogP contribution in [0.3, 0.4) is 0 Å². The van der Waals surface area contributed by atoms with E-state index in [1.807, 2.05) is 71.6 Å². The molecule has 3 aromatic carbocycles. The molecule has 6 nitrogen and oxygen atoms in total. The van der Waals surface area contributed by atoms with Gasteiger partial charge in [0.1, 0.15) is 11.9 Å². The summed E-state index contributed by atoms with van der Waals surface area (Å²) in [6, 6.07) is 28.3. The minimum absolute atomic E-state index is 0.450. The maximum Gasteiger partial charge on any atom is 0.149 e. The molecule has 0 fully saturated rings. The van der Waals surface area contributed by atoms with Crippen molar-refractivity contribution in [2.75, 3.05) is 11.9 Å². The maximum atomic E-state index is 9.96. The molecule has 0 amide bonds. The van der Waals surface area contributed by atoms with Crippen LogP contribution >= 0.6 is 0 Å². The van der Waals surface area contributed by atoms with E-state index in [9.17, 15) is 5.26 Å². The van der Waals surface area contributed by atoms with E-state index in [1.54, 1.807) is 0 Å². The van der Waals surface area contributed by atoms with Crippen LogP contribution in [0.4, 0.5) is 5.69 Å². The van der Waals surface area contributed by atoms with Crippen LogP contribution in [0.1, 0.15) is 24.7 Å². The number of fused-ring (bicyclic) bond motifs is 1. The molecule has 0 unspecified atom stereocenters. The van der Waals surface area contributed by atoms with Gasteiger partial charge in [-0.25, -0.2) is 9.67 Å². The van der Waals surface area contributed by atoms with Gasteiger partial charge in [0.15, 0.2) is 0 Å². The van der Waals surface area contributed by atoms with Gasteiger partial charge in [0.25, 0.3) is 0 Å². The normalized spacial score (nSPS) is 11.5. The lowest BCUT2D eigenvalue weighted by molar-refractivity contribution is 0.884. The highest BCUT2D eigenvalue weighted by molar-refractivity contribution is 5.92. The molecule has 0 aliphatic heterocycles. The number of benzene rings is 3. The molecule has 0 aliphatic rings. The minimum atomic E-state index is 0.450. The molecule has 0 radical (unpaired) electrons. The van der Waals surface area contributed by atoms with Crippen LogP contribution in [0, 0.1) is 11.3 Å². The van der Waals surface area contributed by atoms with Gasteiger partial charge < -0.3 is 10.3 Å². The molecule has 2 aromatic heterocycles. The van der Waals surface area contributed by atoms with Crippen molar-refractivity contribution in [2.24, 2.45) is 0 Å². The van der Waals surface area contributed by atoms with Crippen molar-refractivity contribution < 1.29 is 0 Å². The SMILES string of the molecule is CCCNc1ccc(-c2nn(-c3ccccc3)cc2C=C(C#N)c2nc3ccccc3[nH]2)cc1. The second-order valence-electron chi connectivity index (χ2n) is 7.99. The Kier molecular flexibility index (Phi) is 5.91. The molecule has 166 valence electrons. The number of rotatable bonds is 7. The van der Waals surface area contributed by atoms with Crippen molar-refractivity contribution >= 4 is 28.4 Å². The van der Waals surface area contributed by atoms with E-state index in [0.29, 0.717) is 11.4 Å². The average molecular weight is 445 g/mol. The van der Waals surface area contributed by atoms with Crippen LogP contribution in [0.15, 0.2) is 85.1 Å². The monoisotopic (exact) mass is 444 g/mol. The molecule has 2 heterocycles. The fourth-order valence-corrected chi connectivity index (χ4v) is 3.83. The van der Waals surface area contributed by atoms with E-state index in [2.05, 4.69) is 52.5 Å². The Bertz CT molecular complexity index is 1450. The number of nitriles is 1. The standard InChI is InChI=1S/C28H24N6/c1-2-16-30-23-14-12-20(13-15-23)27-22(19-34(33-27)24-8-4-3-5-9-24)17-21(18-29)28-31-25-10-6-7-11-26(25)32-28/h3-15,17,19,30H,2,16H2,1H3,(H,31,32). The number of hydrogen-bond donors (Lipinski definition) is 2. The van der Waals surface area contributed by atoms with Gasteiger partial charge in [0.2, 0.25) is 0 Å². The summed E-state index contributed by atoms with van der Waals surface area (Å²) in [4.78, 5) is 7.86. The van der Waals surface area contributed by atoms with E-state index in [4.69, 9.17) is 5.10 Å². The average Bonchev–Trinajstić information content (AvgIpc) is 3.51. The van der Waals surface area contributed by atoms with E-state index in [1.165, 1.54) is 0 Å². The topological polar surface area (TPSA) is 82.3 Å². The van der Waals surface area contributed by atoms with E-state index >= 15 is 0 Å². The maximum absolute atomic E-state index is 9.96. The first kappa shape index (κ1) is 21.2. The largest absolute Gasteiger partial charge is 0.385 e. The van der Waals surface area contributed by atoms with Gasteiger partial charge in [-0.1, -0.05) is 49.4 Å². The number of anilines is 1. The lowest BCUT2D eigenvalue weighted by Crippen LogP contribution is -1.99. The Morgan fingerprint density at radius 1 is 1.03 bits per heavy atom. The van der Waals surface area contributed by atoms with Gasteiger partial charge in [-0.3, -0.25) is 0 Å². The molecule has 0 saturated heterocycles. The Morgan fingerprint density at radius 3 is 2.53 bits per heavy atom. The van der Waals surface area contributed by atoms with Crippen LogP contribution in [-0.4, -0.2) is 26.3 Å². The van der Waals surface area contributed by atoms with Crippen LogP contribution in [0.2, 0.25) is 0 Å². The molecular weight excluding hydrogens is 420 g/mol. The number of aromatic nitrogens is 4. The number of allylic oxidation sites excluding steroid dienone is 1. The Morgan fingerprint density at radius 2 is 1.79 bits per heavy atom. The molecular formula is C28H24N6. The third-order valence-corrected chi connectivity index (χ3v) is 5.57. The molecule has 0 saturated carbocycles. The smallest absolute Gasteiger partial charge is 0.149 e. The number of hydrogen-bond acceptors (Lipinski definition) is 4. The molecule has 0 aliphatic carbocycles. The summed E-state index contributed by atoms with van der Waals surface area (Å²) >= 11 is 0. The highest BCUT2D eigenvalue weighted by atomic mass is 15.3. The van der Waals surface area contributed by atoms with Crippen molar-refractivity contribution in [3.8, 4) is 23.0 Å². The van der Waals surface area contributed by atoms with Gasteiger partial charge in [0, 0.05) is 29.6 Å². The third kappa shape index (κ3) is 4.32. The van der Waals surface area contributed by atoms with E-state index < -0.39 is 0 Å². The highest BCUT2D eigenvalue weighted by Crippen LogP contribution is 2.29. The first-order valence-electron chi connectivity index (χ1n) is 11.3. The number of nitrogens with one attached hydrogen (secondary N) is 2. The first-order valence-corrected chi connectivity index (χ1v) is 11.3. The number of para-hydroxylation sites is 3. The number of imidazole rings is 1. The fourth-order valence-electron chi connectivity index (χ4n) is 3.83. The summed E-state index contributed by atoms with van der Waals surface area (Å²) in [6.45, 7) is 3.07. The predicted molar refractivity (Wildman–Crippen MR) is 137 cm³/mol. The lowest BCUT2D eigenvalue weighted by Gasteiger charge is -2.06. The van der Waals surface area contributed by atoms with Crippen LogP contribution < -0.4 is 5.32 Å².